The van der Waals surface area contributed by atoms with E-state index in [4.69, 9.17) is 16.3 Å². The molecule has 0 fully saturated rings. The van der Waals surface area contributed by atoms with Crippen molar-refractivity contribution < 1.29 is 14.6 Å². The van der Waals surface area contributed by atoms with Crippen LogP contribution in [-0.4, -0.2) is 23.7 Å². The van der Waals surface area contributed by atoms with Crippen molar-refractivity contribution in [3.8, 4) is 5.75 Å². The maximum Gasteiger partial charge on any atom is 0.260 e. The van der Waals surface area contributed by atoms with E-state index in [0.717, 1.165) is 11.1 Å². The van der Waals surface area contributed by atoms with Gasteiger partial charge in [0.2, 0.25) is 0 Å². The van der Waals surface area contributed by atoms with Gasteiger partial charge in [0.15, 0.2) is 6.10 Å². The molecular formula is C18H20ClNO3. The van der Waals surface area contributed by atoms with Crippen molar-refractivity contribution in [1.29, 1.82) is 0 Å². The van der Waals surface area contributed by atoms with Gasteiger partial charge in [-0.15, -0.1) is 0 Å². The molecule has 0 aromatic heterocycles. The summed E-state index contributed by atoms with van der Waals surface area (Å²) in [4.78, 5) is 12.1. The third-order valence-corrected chi connectivity index (χ3v) is 3.84. The first-order chi connectivity index (χ1) is 11.0. The number of benzene rings is 2. The lowest BCUT2D eigenvalue weighted by molar-refractivity contribution is -0.127. The Morgan fingerprint density at radius 1 is 1.22 bits per heavy atom. The number of rotatable bonds is 6. The fourth-order valence-electron chi connectivity index (χ4n) is 2.20. The van der Waals surface area contributed by atoms with Gasteiger partial charge in [-0.2, -0.15) is 0 Å². The number of para-hydroxylation sites is 1. The molecule has 2 aromatic rings. The Labute approximate surface area is 141 Å². The normalized spacial score (nSPS) is 13.2. The van der Waals surface area contributed by atoms with Gasteiger partial charge in [0.25, 0.3) is 5.91 Å². The molecule has 0 saturated carbocycles. The van der Waals surface area contributed by atoms with Crippen LogP contribution in [0.25, 0.3) is 0 Å². The molecule has 1 amide bonds. The smallest absolute Gasteiger partial charge is 0.260 e. The molecule has 2 N–H and O–H groups in total. The number of halogens is 1. The highest BCUT2D eigenvalue weighted by Crippen LogP contribution is 2.24. The lowest BCUT2D eigenvalue weighted by Gasteiger charge is -2.18. The number of amides is 1. The van der Waals surface area contributed by atoms with Crippen LogP contribution >= 0.6 is 11.6 Å². The predicted octanol–water partition coefficient (Wildman–Crippen LogP) is 3.27. The molecule has 0 radical (unpaired) electrons. The molecule has 0 bridgehead atoms. The minimum atomic E-state index is -0.757. The number of carbonyl (C=O) groups is 1. The van der Waals surface area contributed by atoms with Gasteiger partial charge in [0.05, 0.1) is 11.1 Å². The molecule has 0 spiro atoms. The van der Waals surface area contributed by atoms with Crippen molar-refractivity contribution in [1.82, 2.24) is 5.32 Å². The second-order valence-corrected chi connectivity index (χ2v) is 5.72. The zero-order valence-electron chi connectivity index (χ0n) is 13.1. The van der Waals surface area contributed by atoms with Gasteiger partial charge < -0.3 is 15.2 Å². The number of hydrogen-bond acceptors (Lipinski definition) is 3. The molecule has 2 unspecified atom stereocenters. The molecular weight excluding hydrogens is 314 g/mol. The molecule has 5 heteroatoms. The number of aliphatic hydroxyl groups is 1. The lowest BCUT2D eigenvalue weighted by Crippen LogP contribution is -2.38. The monoisotopic (exact) mass is 333 g/mol. The summed E-state index contributed by atoms with van der Waals surface area (Å²) in [6.45, 7) is 3.68. The molecule has 0 saturated heterocycles. The van der Waals surface area contributed by atoms with Crippen molar-refractivity contribution in [3.05, 3.63) is 64.7 Å². The Balaban J connectivity index is 1.89. The lowest BCUT2D eigenvalue weighted by atomic mass is 10.0. The number of nitrogens with one attached hydrogen (secondary N) is 1. The molecule has 2 atom stereocenters. The minimum absolute atomic E-state index is 0.125. The van der Waals surface area contributed by atoms with Crippen LogP contribution < -0.4 is 10.1 Å². The first kappa shape index (κ1) is 17.3. The Kier molecular flexibility index (Phi) is 6.02. The standard InChI is InChI=1S/C18H20ClNO3/c1-12-7-3-4-8-14(12)16(21)11-20-18(22)13(2)23-17-10-6-5-9-15(17)19/h3-10,13,16,21H,11H2,1-2H3,(H,20,22). The van der Waals surface area contributed by atoms with E-state index in [-0.39, 0.29) is 12.5 Å². The average Bonchev–Trinajstić information content (AvgIpc) is 2.54. The first-order valence-electron chi connectivity index (χ1n) is 7.41. The van der Waals surface area contributed by atoms with Crippen molar-refractivity contribution in [2.24, 2.45) is 0 Å². The maximum absolute atomic E-state index is 12.1. The Hall–Kier alpha value is -2.04. The van der Waals surface area contributed by atoms with Gasteiger partial charge in [-0.25, -0.2) is 0 Å². The summed E-state index contributed by atoms with van der Waals surface area (Å²) in [5.41, 5.74) is 1.78. The van der Waals surface area contributed by atoms with Gasteiger partial charge in [0.1, 0.15) is 5.75 Å². The van der Waals surface area contributed by atoms with Gasteiger partial charge >= 0.3 is 0 Å². The highest BCUT2D eigenvalue weighted by atomic mass is 35.5. The van der Waals surface area contributed by atoms with Crippen LogP contribution in [0.5, 0.6) is 5.75 Å². The molecule has 0 aliphatic rings. The Bertz CT molecular complexity index is 675. The van der Waals surface area contributed by atoms with E-state index in [2.05, 4.69) is 5.32 Å². The van der Waals surface area contributed by atoms with Crippen LogP contribution in [0, 0.1) is 6.92 Å². The van der Waals surface area contributed by atoms with Crippen LogP contribution in [0.1, 0.15) is 24.2 Å². The topological polar surface area (TPSA) is 58.6 Å². The number of ether oxygens (including phenoxy) is 1. The summed E-state index contributed by atoms with van der Waals surface area (Å²) in [6.07, 6.45) is -1.47. The van der Waals surface area contributed by atoms with Crippen LogP contribution in [0.4, 0.5) is 0 Å². The quantitative estimate of drug-likeness (QED) is 0.853. The van der Waals surface area contributed by atoms with E-state index in [1.807, 2.05) is 31.2 Å². The summed E-state index contributed by atoms with van der Waals surface area (Å²) in [5, 5.41) is 13.3. The average molecular weight is 334 g/mol. The first-order valence-corrected chi connectivity index (χ1v) is 7.79. The van der Waals surface area contributed by atoms with E-state index in [0.29, 0.717) is 10.8 Å². The van der Waals surface area contributed by atoms with Crippen molar-refractivity contribution in [2.45, 2.75) is 26.1 Å². The number of carbonyl (C=O) groups excluding carboxylic acids is 1. The van der Waals surface area contributed by atoms with Gasteiger partial charge in [0, 0.05) is 6.54 Å². The molecule has 2 rings (SSSR count). The van der Waals surface area contributed by atoms with Crippen molar-refractivity contribution in [3.63, 3.8) is 0 Å². The molecule has 0 aliphatic heterocycles. The van der Waals surface area contributed by atoms with E-state index in [1.165, 1.54) is 0 Å². The Morgan fingerprint density at radius 2 is 1.87 bits per heavy atom. The zero-order chi connectivity index (χ0) is 16.8. The SMILES string of the molecule is Cc1ccccc1C(O)CNC(=O)C(C)Oc1ccccc1Cl. The molecule has 2 aromatic carbocycles. The summed E-state index contributed by atoms with van der Waals surface area (Å²) >= 11 is 6.00. The van der Waals surface area contributed by atoms with E-state index in [9.17, 15) is 9.90 Å². The van der Waals surface area contributed by atoms with Crippen LogP contribution in [0.15, 0.2) is 48.5 Å². The highest BCUT2D eigenvalue weighted by Gasteiger charge is 2.18. The molecule has 122 valence electrons. The third kappa shape index (κ3) is 4.71. The maximum atomic E-state index is 12.1. The van der Waals surface area contributed by atoms with E-state index < -0.39 is 12.2 Å². The largest absolute Gasteiger partial charge is 0.479 e. The second-order valence-electron chi connectivity index (χ2n) is 5.31. The van der Waals surface area contributed by atoms with Gasteiger partial charge in [-0.1, -0.05) is 48.0 Å². The highest BCUT2D eigenvalue weighted by molar-refractivity contribution is 6.32. The third-order valence-electron chi connectivity index (χ3n) is 3.53. The summed E-state index contributed by atoms with van der Waals surface area (Å²) in [7, 11) is 0. The number of hydrogen-bond donors (Lipinski definition) is 2. The summed E-state index contributed by atoms with van der Waals surface area (Å²) in [5.74, 6) is 0.147. The second kappa shape index (κ2) is 7.99. The predicted molar refractivity (Wildman–Crippen MR) is 90.7 cm³/mol. The van der Waals surface area contributed by atoms with E-state index in [1.54, 1.807) is 31.2 Å². The molecule has 23 heavy (non-hydrogen) atoms. The van der Waals surface area contributed by atoms with Crippen molar-refractivity contribution >= 4 is 17.5 Å². The molecule has 0 heterocycles. The van der Waals surface area contributed by atoms with Gasteiger partial charge in [-0.05, 0) is 37.1 Å². The van der Waals surface area contributed by atoms with Crippen LogP contribution in [-0.2, 0) is 4.79 Å². The summed E-state index contributed by atoms with van der Waals surface area (Å²) < 4.78 is 5.54. The molecule has 0 aliphatic carbocycles. The van der Waals surface area contributed by atoms with Gasteiger partial charge in [-0.3, -0.25) is 4.79 Å². The zero-order valence-corrected chi connectivity index (χ0v) is 13.9. The van der Waals surface area contributed by atoms with Crippen molar-refractivity contribution in [2.75, 3.05) is 6.54 Å². The number of aryl methyl sites for hydroxylation is 1. The fraction of sp³-hybridized carbons (Fsp3) is 0.278. The van der Waals surface area contributed by atoms with Crippen LogP contribution in [0.2, 0.25) is 5.02 Å². The number of aliphatic hydroxyl groups excluding tert-OH is 1. The van der Waals surface area contributed by atoms with E-state index >= 15 is 0 Å². The Morgan fingerprint density at radius 3 is 2.57 bits per heavy atom. The molecule has 4 nitrogen and oxygen atoms in total. The van der Waals surface area contributed by atoms with Crippen LogP contribution in [0.3, 0.4) is 0 Å². The minimum Gasteiger partial charge on any atom is -0.479 e. The summed E-state index contributed by atoms with van der Waals surface area (Å²) in [6, 6.07) is 14.5. The fourth-order valence-corrected chi connectivity index (χ4v) is 2.38.